The average molecular weight is 258 g/mol. The fourth-order valence-electron chi connectivity index (χ4n) is 2.04. The fraction of sp³-hybridized carbons (Fsp3) is 0.538. The summed E-state index contributed by atoms with van der Waals surface area (Å²) in [5.74, 6) is 0.885. The first-order valence-electron chi connectivity index (χ1n) is 5.89. The molecule has 1 N–H and O–H groups in total. The standard InChI is InChI=1S/C13H17Cl2N/c1-2-16-13(7-9-3-4-9)11-6-5-10(14)8-12(11)15/h5-6,8-9,13,16H,2-4,7H2,1H3. The lowest BCUT2D eigenvalue weighted by atomic mass is 10.0. The molecule has 1 aliphatic rings. The molecule has 1 aromatic rings. The van der Waals surface area contributed by atoms with Gasteiger partial charge in [0.15, 0.2) is 0 Å². The van der Waals surface area contributed by atoms with Gasteiger partial charge in [0.25, 0.3) is 0 Å². The predicted molar refractivity (Wildman–Crippen MR) is 70.2 cm³/mol. The third kappa shape index (κ3) is 3.13. The van der Waals surface area contributed by atoms with Crippen LogP contribution in [0.1, 0.15) is 37.8 Å². The van der Waals surface area contributed by atoms with Crippen LogP contribution in [0.4, 0.5) is 0 Å². The Bertz CT molecular complexity index is 361. The smallest absolute Gasteiger partial charge is 0.0468 e. The van der Waals surface area contributed by atoms with E-state index in [1.165, 1.54) is 24.8 Å². The zero-order valence-electron chi connectivity index (χ0n) is 9.47. The van der Waals surface area contributed by atoms with Crippen molar-refractivity contribution in [3.05, 3.63) is 33.8 Å². The van der Waals surface area contributed by atoms with Gasteiger partial charge in [0.1, 0.15) is 0 Å². The van der Waals surface area contributed by atoms with Crippen LogP contribution in [0.3, 0.4) is 0 Å². The summed E-state index contributed by atoms with van der Waals surface area (Å²) in [5.41, 5.74) is 1.18. The molecule has 1 unspecified atom stereocenters. The molecule has 16 heavy (non-hydrogen) atoms. The van der Waals surface area contributed by atoms with Crippen LogP contribution in [0.25, 0.3) is 0 Å². The summed E-state index contributed by atoms with van der Waals surface area (Å²) in [5, 5.41) is 4.98. The second kappa shape index (κ2) is 5.39. The highest BCUT2D eigenvalue weighted by atomic mass is 35.5. The fourth-order valence-corrected chi connectivity index (χ4v) is 2.58. The molecule has 0 saturated heterocycles. The Morgan fingerprint density at radius 1 is 1.38 bits per heavy atom. The monoisotopic (exact) mass is 257 g/mol. The van der Waals surface area contributed by atoms with Crippen molar-refractivity contribution in [1.82, 2.24) is 5.32 Å². The second-order valence-corrected chi connectivity index (χ2v) is 5.30. The molecular weight excluding hydrogens is 241 g/mol. The Hall–Kier alpha value is -0.240. The van der Waals surface area contributed by atoms with E-state index in [0.29, 0.717) is 11.1 Å². The van der Waals surface area contributed by atoms with E-state index in [4.69, 9.17) is 23.2 Å². The first-order valence-corrected chi connectivity index (χ1v) is 6.64. The van der Waals surface area contributed by atoms with Crippen LogP contribution in [-0.4, -0.2) is 6.54 Å². The largest absolute Gasteiger partial charge is 0.310 e. The Morgan fingerprint density at radius 3 is 2.69 bits per heavy atom. The van der Waals surface area contributed by atoms with E-state index in [1.807, 2.05) is 18.2 Å². The highest BCUT2D eigenvalue weighted by Crippen LogP contribution is 2.39. The SMILES string of the molecule is CCNC(CC1CC1)c1ccc(Cl)cc1Cl. The van der Waals surface area contributed by atoms with Crippen LogP contribution in [0.5, 0.6) is 0 Å². The first-order chi connectivity index (χ1) is 7.70. The molecule has 0 aliphatic heterocycles. The van der Waals surface area contributed by atoms with E-state index >= 15 is 0 Å². The van der Waals surface area contributed by atoms with Crippen LogP contribution in [-0.2, 0) is 0 Å². The molecule has 88 valence electrons. The van der Waals surface area contributed by atoms with Gasteiger partial charge < -0.3 is 5.32 Å². The summed E-state index contributed by atoms with van der Waals surface area (Å²) < 4.78 is 0. The van der Waals surface area contributed by atoms with Gasteiger partial charge in [-0.25, -0.2) is 0 Å². The molecule has 0 amide bonds. The second-order valence-electron chi connectivity index (χ2n) is 4.46. The maximum atomic E-state index is 6.24. The number of rotatable bonds is 5. The minimum Gasteiger partial charge on any atom is -0.310 e. The van der Waals surface area contributed by atoms with E-state index < -0.39 is 0 Å². The van der Waals surface area contributed by atoms with Crippen LogP contribution >= 0.6 is 23.2 Å². The molecule has 0 bridgehead atoms. The molecule has 0 aromatic heterocycles. The van der Waals surface area contributed by atoms with Gasteiger partial charge in [0.05, 0.1) is 0 Å². The summed E-state index contributed by atoms with van der Waals surface area (Å²) in [6.45, 7) is 3.10. The number of nitrogens with one attached hydrogen (secondary N) is 1. The number of hydrogen-bond donors (Lipinski definition) is 1. The zero-order valence-corrected chi connectivity index (χ0v) is 11.0. The molecule has 0 spiro atoms. The number of hydrogen-bond acceptors (Lipinski definition) is 1. The lowest BCUT2D eigenvalue weighted by Gasteiger charge is -2.19. The number of benzene rings is 1. The van der Waals surface area contributed by atoms with E-state index in [9.17, 15) is 0 Å². The van der Waals surface area contributed by atoms with Gasteiger partial charge in [-0.3, -0.25) is 0 Å². The van der Waals surface area contributed by atoms with Gasteiger partial charge >= 0.3 is 0 Å². The molecule has 1 aliphatic carbocycles. The van der Waals surface area contributed by atoms with Gasteiger partial charge in [0, 0.05) is 16.1 Å². The number of halogens is 2. The molecule has 3 heteroatoms. The lowest BCUT2D eigenvalue weighted by molar-refractivity contribution is 0.487. The average Bonchev–Trinajstić information content (AvgIpc) is 3.01. The molecule has 0 heterocycles. The van der Waals surface area contributed by atoms with Crippen molar-refractivity contribution < 1.29 is 0 Å². The van der Waals surface area contributed by atoms with E-state index in [1.54, 1.807) is 0 Å². The highest BCUT2D eigenvalue weighted by molar-refractivity contribution is 6.35. The van der Waals surface area contributed by atoms with Crippen LogP contribution in [0.15, 0.2) is 18.2 Å². The Balaban J connectivity index is 2.15. The first kappa shape index (κ1) is 12.2. The summed E-state index contributed by atoms with van der Waals surface area (Å²) >= 11 is 12.2. The summed E-state index contributed by atoms with van der Waals surface area (Å²) in [4.78, 5) is 0. The minimum absolute atomic E-state index is 0.377. The van der Waals surface area contributed by atoms with Crippen molar-refractivity contribution in [1.29, 1.82) is 0 Å². The lowest BCUT2D eigenvalue weighted by Crippen LogP contribution is -2.21. The van der Waals surface area contributed by atoms with Crippen LogP contribution in [0, 0.1) is 5.92 Å². The summed E-state index contributed by atoms with van der Waals surface area (Å²) in [6, 6.07) is 6.16. The maximum Gasteiger partial charge on any atom is 0.0468 e. The Kier molecular flexibility index (Phi) is 4.12. The van der Waals surface area contributed by atoms with Gasteiger partial charge in [0.2, 0.25) is 0 Å². The van der Waals surface area contributed by atoms with E-state index in [2.05, 4.69) is 12.2 Å². The van der Waals surface area contributed by atoms with Gasteiger partial charge in [-0.05, 0) is 36.6 Å². The van der Waals surface area contributed by atoms with E-state index in [0.717, 1.165) is 17.5 Å². The third-order valence-corrected chi connectivity index (χ3v) is 3.62. The highest BCUT2D eigenvalue weighted by Gasteiger charge is 2.26. The molecular formula is C13H17Cl2N. The van der Waals surface area contributed by atoms with Crippen LogP contribution < -0.4 is 5.32 Å². The Labute approximate surface area is 107 Å². The van der Waals surface area contributed by atoms with Crippen molar-refractivity contribution in [2.75, 3.05) is 6.54 Å². The zero-order chi connectivity index (χ0) is 11.5. The van der Waals surface area contributed by atoms with Crippen molar-refractivity contribution in [3.8, 4) is 0 Å². The molecule has 0 radical (unpaired) electrons. The van der Waals surface area contributed by atoms with Crippen molar-refractivity contribution in [2.45, 2.75) is 32.2 Å². The summed E-state index contributed by atoms with van der Waals surface area (Å²) in [6.07, 6.45) is 3.93. The van der Waals surface area contributed by atoms with Gasteiger partial charge in [-0.1, -0.05) is 49.0 Å². The molecule has 1 aromatic carbocycles. The van der Waals surface area contributed by atoms with Crippen LogP contribution in [0.2, 0.25) is 10.0 Å². The van der Waals surface area contributed by atoms with Gasteiger partial charge in [-0.2, -0.15) is 0 Å². The Morgan fingerprint density at radius 2 is 2.12 bits per heavy atom. The molecule has 1 nitrogen and oxygen atoms in total. The van der Waals surface area contributed by atoms with Crippen molar-refractivity contribution >= 4 is 23.2 Å². The van der Waals surface area contributed by atoms with E-state index in [-0.39, 0.29) is 0 Å². The summed E-state index contributed by atoms with van der Waals surface area (Å²) in [7, 11) is 0. The topological polar surface area (TPSA) is 12.0 Å². The maximum absolute atomic E-state index is 6.24. The quantitative estimate of drug-likeness (QED) is 0.823. The van der Waals surface area contributed by atoms with Crippen molar-refractivity contribution in [2.24, 2.45) is 5.92 Å². The predicted octanol–water partition coefficient (Wildman–Crippen LogP) is 4.44. The van der Waals surface area contributed by atoms with Gasteiger partial charge in [-0.15, -0.1) is 0 Å². The third-order valence-electron chi connectivity index (χ3n) is 3.05. The molecule has 1 saturated carbocycles. The molecule has 1 atom stereocenters. The normalized spacial score (nSPS) is 17.4. The van der Waals surface area contributed by atoms with Crippen molar-refractivity contribution in [3.63, 3.8) is 0 Å². The molecule has 1 fully saturated rings. The minimum atomic E-state index is 0.377. The molecule has 2 rings (SSSR count).